The molecule has 4 aromatic rings. The molecule has 0 aliphatic heterocycles. The third-order valence-electron chi connectivity index (χ3n) is 4.02. The van der Waals surface area contributed by atoms with Crippen LogP contribution in [0.4, 0.5) is 4.39 Å². The first kappa shape index (κ1) is 16.1. The number of hydrogen-bond acceptors (Lipinski definition) is 1. The molecule has 0 unspecified atom stereocenters. The first-order chi connectivity index (χ1) is 10.4. The second-order valence-electron chi connectivity index (χ2n) is 6.69. The number of pyridine rings is 1. The van der Waals surface area contributed by atoms with E-state index in [2.05, 4.69) is 43.4 Å². The predicted molar refractivity (Wildman–Crippen MR) is 87.7 cm³/mol. The molecule has 2 nitrogen and oxygen atoms in total. The largest absolute Gasteiger partial charge is 0.337 e. The Morgan fingerprint density at radius 1 is 1.13 bits per heavy atom. The van der Waals surface area contributed by atoms with Gasteiger partial charge in [-0.25, -0.2) is 0 Å². The minimum atomic E-state index is -0.271. The Morgan fingerprint density at radius 3 is 2.61 bits per heavy atom. The van der Waals surface area contributed by atoms with Crippen LogP contribution in [0.5, 0.6) is 0 Å². The molecule has 4 rings (SSSR count). The van der Waals surface area contributed by atoms with E-state index < -0.39 is 0 Å². The summed E-state index contributed by atoms with van der Waals surface area (Å²) in [6.07, 6.45) is 0. The van der Waals surface area contributed by atoms with Gasteiger partial charge in [-0.1, -0.05) is 39.0 Å². The van der Waals surface area contributed by atoms with Crippen molar-refractivity contribution in [2.24, 2.45) is 0 Å². The maximum atomic E-state index is 13.6. The van der Waals surface area contributed by atoms with E-state index in [1.54, 1.807) is 6.07 Å². The fourth-order valence-electron chi connectivity index (χ4n) is 3.00. The van der Waals surface area contributed by atoms with Gasteiger partial charge in [0, 0.05) is 37.0 Å². The van der Waals surface area contributed by atoms with Gasteiger partial charge in [0.1, 0.15) is 0 Å². The van der Waals surface area contributed by atoms with Gasteiger partial charge >= 0.3 is 0 Å². The van der Waals surface area contributed by atoms with Crippen LogP contribution in [0.25, 0.3) is 27.5 Å². The molecule has 0 aliphatic rings. The molecule has 0 N–H and O–H groups in total. The molecule has 1 radical (unpaired) electrons. The maximum Gasteiger partial charge on any atom is 0.0774 e. The van der Waals surface area contributed by atoms with Crippen LogP contribution in [0.3, 0.4) is 0 Å². The van der Waals surface area contributed by atoms with Crippen LogP contribution in [0, 0.1) is 11.9 Å². The van der Waals surface area contributed by atoms with Crippen molar-refractivity contribution in [2.45, 2.75) is 26.2 Å². The summed E-state index contributed by atoms with van der Waals surface area (Å²) in [5.74, 6) is -0.271. The van der Waals surface area contributed by atoms with Gasteiger partial charge in [0.25, 0.3) is 0 Å². The van der Waals surface area contributed by atoms with Gasteiger partial charge in [-0.05, 0) is 12.1 Å². The summed E-state index contributed by atoms with van der Waals surface area (Å²) in [7, 11) is 0. The minimum absolute atomic E-state index is 0. The Balaban J connectivity index is 0.00000156. The van der Waals surface area contributed by atoms with Crippen molar-refractivity contribution >= 4 is 27.5 Å². The molecule has 0 saturated heterocycles. The summed E-state index contributed by atoms with van der Waals surface area (Å²) in [4.78, 5) is 4.76. The van der Waals surface area contributed by atoms with Gasteiger partial charge in [-0.2, -0.15) is 0 Å². The number of nitrogens with zero attached hydrogens (tertiary/aromatic N) is 2. The zero-order valence-corrected chi connectivity index (χ0v) is 15.5. The van der Waals surface area contributed by atoms with Crippen molar-refractivity contribution in [1.82, 2.24) is 9.38 Å². The van der Waals surface area contributed by atoms with Crippen molar-refractivity contribution < 1.29 is 24.5 Å². The van der Waals surface area contributed by atoms with Crippen molar-refractivity contribution in [3.8, 4) is 0 Å². The van der Waals surface area contributed by atoms with Gasteiger partial charge in [0.05, 0.1) is 16.7 Å². The molecule has 2 aromatic carbocycles. The number of aromatic nitrogens is 2. The number of rotatable bonds is 0. The van der Waals surface area contributed by atoms with Gasteiger partial charge in [-0.15, -0.1) is 29.0 Å². The molecule has 0 saturated carbocycles. The molecule has 2 heterocycles. The van der Waals surface area contributed by atoms with E-state index >= 15 is 0 Å². The normalized spacial score (nSPS) is 12.0. The topological polar surface area (TPSA) is 17.3 Å². The Morgan fingerprint density at radius 2 is 1.87 bits per heavy atom. The van der Waals surface area contributed by atoms with Gasteiger partial charge in [0.15, 0.2) is 0 Å². The zero-order valence-electron chi connectivity index (χ0n) is 13.1. The zero-order chi connectivity index (χ0) is 15.5. The second-order valence-corrected chi connectivity index (χ2v) is 6.69. The Hall–Kier alpha value is -1.77. The number of halogens is 1. The number of fused-ring (bicyclic) bond motifs is 5. The molecular formula is C19H16FIrN2-. The fourth-order valence-corrected chi connectivity index (χ4v) is 3.00. The average molecular weight is 484 g/mol. The summed E-state index contributed by atoms with van der Waals surface area (Å²) in [6, 6.07) is 16.1. The third kappa shape index (κ3) is 2.46. The SMILES string of the molecule is CC(C)(C)c1cc2cc(F)c[c-]c2c2nc3ccccc3n12.[Ir]. The van der Waals surface area contributed by atoms with Crippen molar-refractivity contribution in [3.63, 3.8) is 0 Å². The van der Waals surface area contributed by atoms with E-state index in [-0.39, 0.29) is 31.3 Å². The molecule has 0 bridgehead atoms. The van der Waals surface area contributed by atoms with E-state index in [9.17, 15) is 4.39 Å². The van der Waals surface area contributed by atoms with E-state index in [1.165, 1.54) is 6.07 Å². The molecule has 0 atom stereocenters. The van der Waals surface area contributed by atoms with Crippen LogP contribution in [0.1, 0.15) is 26.5 Å². The first-order valence-electron chi connectivity index (χ1n) is 7.37. The standard InChI is InChI=1S/C19H16FN2.Ir/c1-19(2,3)17-11-12-10-13(20)8-9-14(12)18-21-15-6-4-5-7-16(15)22(17)18;/h4-8,10-11H,1-3H3;/q-1;. The molecule has 0 aliphatic carbocycles. The summed E-state index contributed by atoms with van der Waals surface area (Å²) >= 11 is 0. The van der Waals surface area contributed by atoms with Gasteiger partial charge in [0.2, 0.25) is 0 Å². The average Bonchev–Trinajstić information content (AvgIpc) is 2.84. The monoisotopic (exact) mass is 484 g/mol. The maximum absolute atomic E-state index is 13.6. The van der Waals surface area contributed by atoms with Crippen LogP contribution in [0.2, 0.25) is 0 Å². The van der Waals surface area contributed by atoms with E-state index in [0.29, 0.717) is 0 Å². The summed E-state index contributed by atoms with van der Waals surface area (Å²) < 4.78 is 15.8. The van der Waals surface area contributed by atoms with Crippen LogP contribution in [0.15, 0.2) is 42.5 Å². The van der Waals surface area contributed by atoms with E-state index in [0.717, 1.165) is 33.1 Å². The van der Waals surface area contributed by atoms with Gasteiger partial charge in [-0.3, -0.25) is 9.37 Å². The van der Waals surface area contributed by atoms with Crippen molar-refractivity contribution in [2.75, 3.05) is 0 Å². The summed E-state index contributed by atoms with van der Waals surface area (Å²) in [6.45, 7) is 6.47. The quantitative estimate of drug-likeness (QED) is 0.326. The Bertz CT molecular complexity index is 1030. The fraction of sp³-hybridized carbons (Fsp3) is 0.211. The van der Waals surface area contributed by atoms with Crippen LogP contribution < -0.4 is 0 Å². The van der Waals surface area contributed by atoms with Crippen LogP contribution >= 0.6 is 0 Å². The Kier molecular flexibility index (Phi) is 3.78. The number of para-hydroxylation sites is 2. The smallest absolute Gasteiger partial charge is 0.0774 e. The van der Waals surface area contributed by atoms with Gasteiger partial charge < -0.3 is 4.40 Å². The van der Waals surface area contributed by atoms with E-state index in [1.807, 2.05) is 18.2 Å². The van der Waals surface area contributed by atoms with Crippen LogP contribution in [-0.4, -0.2) is 9.38 Å². The molecule has 2 aromatic heterocycles. The third-order valence-corrected chi connectivity index (χ3v) is 4.02. The molecular weight excluding hydrogens is 467 g/mol. The molecule has 119 valence electrons. The second kappa shape index (κ2) is 5.40. The van der Waals surface area contributed by atoms with Crippen LogP contribution in [-0.2, 0) is 25.5 Å². The minimum Gasteiger partial charge on any atom is -0.337 e. The number of hydrogen-bond donors (Lipinski definition) is 0. The Labute approximate surface area is 147 Å². The number of imidazole rings is 1. The number of benzene rings is 2. The molecule has 23 heavy (non-hydrogen) atoms. The van der Waals surface area contributed by atoms with Crippen molar-refractivity contribution in [3.05, 3.63) is 60.0 Å². The molecule has 0 spiro atoms. The molecule has 0 amide bonds. The molecule has 4 heteroatoms. The summed E-state index contributed by atoms with van der Waals surface area (Å²) in [5.41, 5.74) is 3.88. The van der Waals surface area contributed by atoms with Crippen molar-refractivity contribution in [1.29, 1.82) is 0 Å². The first-order valence-corrected chi connectivity index (χ1v) is 7.37. The summed E-state index contributed by atoms with van der Waals surface area (Å²) in [5, 5.41) is 1.69. The van der Waals surface area contributed by atoms with E-state index in [4.69, 9.17) is 4.98 Å². The predicted octanol–water partition coefficient (Wildman–Crippen LogP) is 4.87. The molecule has 0 fully saturated rings.